The van der Waals surface area contributed by atoms with Gasteiger partial charge in [0.05, 0.1) is 6.10 Å². The van der Waals surface area contributed by atoms with Crippen LogP contribution in [0.2, 0.25) is 0 Å². The van der Waals surface area contributed by atoms with Crippen molar-refractivity contribution >= 4 is 5.69 Å². The molecule has 0 amide bonds. The topological polar surface area (TPSA) is 32.3 Å². The van der Waals surface area contributed by atoms with Gasteiger partial charge in [-0.05, 0) is 42.5 Å². The van der Waals surface area contributed by atoms with Gasteiger partial charge in [-0.1, -0.05) is 36.4 Å². The molecule has 2 nitrogen and oxygen atoms in total. The van der Waals surface area contributed by atoms with E-state index in [-0.39, 0.29) is 0 Å². The number of fused-ring (bicyclic) bond motifs is 1. The molecule has 20 heavy (non-hydrogen) atoms. The second-order valence-electron chi connectivity index (χ2n) is 5.70. The van der Waals surface area contributed by atoms with Crippen molar-refractivity contribution in [2.75, 3.05) is 11.9 Å². The Labute approximate surface area is 120 Å². The predicted octanol–water partition coefficient (Wildman–Crippen LogP) is 3.55. The molecule has 3 rings (SSSR count). The van der Waals surface area contributed by atoms with Gasteiger partial charge in [0, 0.05) is 24.2 Å². The van der Waals surface area contributed by atoms with Crippen molar-refractivity contribution in [1.29, 1.82) is 0 Å². The Morgan fingerprint density at radius 2 is 2.00 bits per heavy atom. The minimum absolute atomic E-state index is 0.447. The average Bonchev–Trinajstić information content (AvgIpc) is 2.91. The molecule has 1 heterocycles. The van der Waals surface area contributed by atoms with Crippen LogP contribution < -0.4 is 5.32 Å². The summed E-state index contributed by atoms with van der Waals surface area (Å²) in [7, 11) is 0. The first kappa shape index (κ1) is 13.2. The average molecular weight is 267 g/mol. The number of hydrogen-bond donors (Lipinski definition) is 2. The molecule has 1 aliphatic rings. The first-order valence-corrected chi connectivity index (χ1v) is 7.25. The fourth-order valence-electron chi connectivity index (χ4n) is 2.91. The SMILES string of the molecule is Cc1ccc(CC(O)c2cccc3c2NCC3)cc1C. The first-order valence-electron chi connectivity index (χ1n) is 7.25. The van der Waals surface area contributed by atoms with Crippen LogP contribution in [0.4, 0.5) is 5.69 Å². The van der Waals surface area contributed by atoms with Crippen LogP contribution in [0.3, 0.4) is 0 Å². The van der Waals surface area contributed by atoms with Crippen molar-refractivity contribution in [1.82, 2.24) is 0 Å². The van der Waals surface area contributed by atoms with Crippen LogP contribution >= 0.6 is 0 Å². The molecule has 1 aliphatic heterocycles. The standard InChI is InChI=1S/C18H21NO/c1-12-6-7-14(10-13(12)2)11-17(20)16-5-3-4-15-8-9-19-18(15)16/h3-7,10,17,19-20H,8-9,11H2,1-2H3. The molecule has 2 heteroatoms. The highest BCUT2D eigenvalue weighted by Crippen LogP contribution is 2.32. The Kier molecular flexibility index (Phi) is 3.49. The maximum absolute atomic E-state index is 10.6. The Hall–Kier alpha value is -1.80. The molecule has 1 unspecified atom stereocenters. The van der Waals surface area contributed by atoms with Crippen molar-refractivity contribution < 1.29 is 5.11 Å². The van der Waals surface area contributed by atoms with Crippen LogP contribution in [0.5, 0.6) is 0 Å². The molecular weight excluding hydrogens is 246 g/mol. The normalized spacial score (nSPS) is 14.8. The maximum atomic E-state index is 10.6. The van der Waals surface area contributed by atoms with E-state index in [1.807, 2.05) is 12.1 Å². The van der Waals surface area contributed by atoms with Crippen LogP contribution in [0.1, 0.15) is 33.9 Å². The Morgan fingerprint density at radius 3 is 2.80 bits per heavy atom. The van der Waals surface area contributed by atoms with Crippen LogP contribution in [-0.4, -0.2) is 11.7 Å². The van der Waals surface area contributed by atoms with Crippen molar-refractivity contribution in [2.24, 2.45) is 0 Å². The largest absolute Gasteiger partial charge is 0.388 e. The summed E-state index contributed by atoms with van der Waals surface area (Å²) < 4.78 is 0. The lowest BCUT2D eigenvalue weighted by atomic mass is 9.96. The minimum Gasteiger partial charge on any atom is -0.388 e. The van der Waals surface area contributed by atoms with Crippen molar-refractivity contribution in [3.63, 3.8) is 0 Å². The van der Waals surface area contributed by atoms with E-state index in [4.69, 9.17) is 0 Å². The third-order valence-corrected chi connectivity index (χ3v) is 4.24. The summed E-state index contributed by atoms with van der Waals surface area (Å²) in [6.07, 6.45) is 1.27. The van der Waals surface area contributed by atoms with Gasteiger partial charge in [0.2, 0.25) is 0 Å². The molecule has 0 aromatic heterocycles. The van der Waals surface area contributed by atoms with Gasteiger partial charge in [0.1, 0.15) is 0 Å². The number of rotatable bonds is 3. The zero-order chi connectivity index (χ0) is 14.1. The summed E-state index contributed by atoms with van der Waals surface area (Å²) in [5.41, 5.74) is 7.26. The van der Waals surface area contributed by atoms with Gasteiger partial charge >= 0.3 is 0 Å². The smallest absolute Gasteiger partial charge is 0.0850 e. The fraction of sp³-hybridized carbons (Fsp3) is 0.333. The molecule has 2 N–H and O–H groups in total. The molecule has 0 fully saturated rings. The van der Waals surface area contributed by atoms with E-state index in [9.17, 15) is 5.11 Å². The monoisotopic (exact) mass is 267 g/mol. The van der Waals surface area contributed by atoms with E-state index < -0.39 is 6.10 Å². The van der Waals surface area contributed by atoms with Gasteiger partial charge in [-0.3, -0.25) is 0 Å². The maximum Gasteiger partial charge on any atom is 0.0850 e. The number of aliphatic hydroxyl groups is 1. The molecule has 0 saturated carbocycles. The van der Waals surface area contributed by atoms with Gasteiger partial charge in [-0.2, -0.15) is 0 Å². The minimum atomic E-state index is -0.447. The van der Waals surface area contributed by atoms with Gasteiger partial charge in [0.15, 0.2) is 0 Å². The van der Waals surface area contributed by atoms with E-state index >= 15 is 0 Å². The predicted molar refractivity (Wildman–Crippen MR) is 83.2 cm³/mol. The summed E-state index contributed by atoms with van der Waals surface area (Å²) in [5.74, 6) is 0. The number of para-hydroxylation sites is 1. The number of aliphatic hydroxyl groups excluding tert-OH is 1. The molecule has 104 valence electrons. The molecule has 0 aliphatic carbocycles. The van der Waals surface area contributed by atoms with Gasteiger partial charge < -0.3 is 10.4 Å². The van der Waals surface area contributed by atoms with E-state index in [1.54, 1.807) is 0 Å². The van der Waals surface area contributed by atoms with Crippen molar-refractivity contribution in [3.05, 3.63) is 64.2 Å². The van der Waals surface area contributed by atoms with Crippen molar-refractivity contribution in [2.45, 2.75) is 32.8 Å². The number of hydrogen-bond acceptors (Lipinski definition) is 2. The number of anilines is 1. The zero-order valence-electron chi connectivity index (χ0n) is 12.1. The third-order valence-electron chi connectivity index (χ3n) is 4.24. The Balaban J connectivity index is 1.84. The second kappa shape index (κ2) is 5.29. The van der Waals surface area contributed by atoms with Crippen LogP contribution in [-0.2, 0) is 12.8 Å². The second-order valence-corrected chi connectivity index (χ2v) is 5.70. The molecule has 2 aromatic rings. The fourth-order valence-corrected chi connectivity index (χ4v) is 2.91. The van der Waals surface area contributed by atoms with Crippen LogP contribution in [0, 0.1) is 13.8 Å². The van der Waals surface area contributed by atoms with E-state index in [0.29, 0.717) is 6.42 Å². The van der Waals surface area contributed by atoms with E-state index in [1.165, 1.54) is 22.3 Å². The zero-order valence-corrected chi connectivity index (χ0v) is 12.1. The first-order chi connectivity index (χ1) is 9.65. The van der Waals surface area contributed by atoms with Crippen molar-refractivity contribution in [3.8, 4) is 0 Å². The van der Waals surface area contributed by atoms with Crippen LogP contribution in [0.15, 0.2) is 36.4 Å². The molecule has 0 bridgehead atoms. The molecule has 0 spiro atoms. The molecule has 0 radical (unpaired) electrons. The summed E-state index contributed by atoms with van der Waals surface area (Å²) in [4.78, 5) is 0. The Bertz CT molecular complexity index is 633. The Morgan fingerprint density at radius 1 is 1.15 bits per heavy atom. The molecule has 1 atom stereocenters. The highest BCUT2D eigenvalue weighted by molar-refractivity contribution is 5.62. The highest BCUT2D eigenvalue weighted by atomic mass is 16.3. The number of nitrogens with one attached hydrogen (secondary N) is 1. The summed E-state index contributed by atoms with van der Waals surface area (Å²) in [5, 5.41) is 14.0. The highest BCUT2D eigenvalue weighted by Gasteiger charge is 2.19. The lowest BCUT2D eigenvalue weighted by molar-refractivity contribution is 0.179. The number of aryl methyl sites for hydroxylation is 2. The molecule has 0 saturated heterocycles. The molecular formula is C18H21NO. The van der Waals surface area contributed by atoms with Gasteiger partial charge in [-0.15, -0.1) is 0 Å². The lowest BCUT2D eigenvalue weighted by Crippen LogP contribution is -2.05. The molecule has 2 aromatic carbocycles. The van der Waals surface area contributed by atoms with E-state index in [0.717, 1.165) is 24.2 Å². The quantitative estimate of drug-likeness (QED) is 0.891. The van der Waals surface area contributed by atoms with Crippen LogP contribution in [0.25, 0.3) is 0 Å². The van der Waals surface area contributed by atoms with Gasteiger partial charge in [0.25, 0.3) is 0 Å². The van der Waals surface area contributed by atoms with E-state index in [2.05, 4.69) is 43.4 Å². The summed E-state index contributed by atoms with van der Waals surface area (Å²) in [6.45, 7) is 5.21. The third kappa shape index (κ3) is 2.44. The summed E-state index contributed by atoms with van der Waals surface area (Å²) >= 11 is 0. The van der Waals surface area contributed by atoms with Gasteiger partial charge in [-0.25, -0.2) is 0 Å². The summed E-state index contributed by atoms with van der Waals surface area (Å²) in [6, 6.07) is 12.6. The lowest BCUT2D eigenvalue weighted by Gasteiger charge is -2.16. The number of benzene rings is 2.